The second kappa shape index (κ2) is 8.21. The minimum absolute atomic E-state index is 0.112. The van der Waals surface area contributed by atoms with Gasteiger partial charge < -0.3 is 4.90 Å². The smallest absolute Gasteiger partial charge is 0.338 e. The number of hydrogen-bond acceptors (Lipinski definition) is 2. The van der Waals surface area contributed by atoms with Gasteiger partial charge in [0.2, 0.25) is 5.91 Å². The molecule has 1 fully saturated rings. The van der Waals surface area contributed by atoms with Crippen molar-refractivity contribution in [2.45, 2.75) is 64.3 Å². The lowest BCUT2D eigenvalue weighted by molar-refractivity contribution is -0.140. The van der Waals surface area contributed by atoms with Crippen LogP contribution in [0.2, 0.25) is 0 Å². The SMILES string of the molecule is CCC1CCCCN1C(=O)C(C)N(C)Cc1ccc(C(F)(F)F)cc1. The lowest BCUT2D eigenvalue weighted by Gasteiger charge is -2.38. The largest absolute Gasteiger partial charge is 0.416 e. The van der Waals surface area contributed by atoms with Crippen molar-refractivity contribution in [3.05, 3.63) is 35.4 Å². The van der Waals surface area contributed by atoms with E-state index < -0.39 is 11.7 Å². The van der Waals surface area contributed by atoms with Crippen LogP contribution in [0.15, 0.2) is 24.3 Å². The number of piperidine rings is 1. The number of likely N-dealkylation sites (N-methyl/N-ethyl adjacent to an activating group) is 1. The molecule has 0 radical (unpaired) electrons. The Balaban J connectivity index is 1.99. The second-order valence-corrected chi connectivity index (χ2v) is 6.88. The van der Waals surface area contributed by atoms with Crippen LogP contribution in [0.1, 0.15) is 50.7 Å². The standard InChI is InChI=1S/C19H27F3N2O/c1-4-17-7-5-6-12-24(17)18(25)14(2)23(3)13-15-8-10-16(11-9-15)19(20,21)22/h8-11,14,17H,4-7,12-13H2,1-3H3. The summed E-state index contributed by atoms with van der Waals surface area (Å²) < 4.78 is 37.9. The van der Waals surface area contributed by atoms with E-state index in [2.05, 4.69) is 6.92 Å². The maximum absolute atomic E-state index is 12.8. The molecule has 2 atom stereocenters. The molecular formula is C19H27F3N2O. The van der Waals surface area contributed by atoms with Gasteiger partial charge in [-0.2, -0.15) is 13.2 Å². The molecule has 1 aliphatic heterocycles. The van der Waals surface area contributed by atoms with Gasteiger partial charge >= 0.3 is 6.18 Å². The Hall–Kier alpha value is -1.56. The van der Waals surface area contributed by atoms with E-state index in [1.807, 2.05) is 23.8 Å². The van der Waals surface area contributed by atoms with E-state index in [-0.39, 0.29) is 11.9 Å². The van der Waals surface area contributed by atoms with E-state index in [1.54, 1.807) is 0 Å². The van der Waals surface area contributed by atoms with Crippen LogP contribution >= 0.6 is 0 Å². The summed E-state index contributed by atoms with van der Waals surface area (Å²) in [6.45, 7) is 5.21. The molecule has 2 unspecified atom stereocenters. The number of benzene rings is 1. The van der Waals surface area contributed by atoms with Crippen LogP contribution < -0.4 is 0 Å². The molecule has 1 heterocycles. The molecule has 25 heavy (non-hydrogen) atoms. The van der Waals surface area contributed by atoms with Gasteiger partial charge in [0.25, 0.3) is 0 Å². The quantitative estimate of drug-likeness (QED) is 0.785. The molecule has 0 bridgehead atoms. The molecular weight excluding hydrogens is 329 g/mol. The van der Waals surface area contributed by atoms with Crippen LogP contribution in [0.4, 0.5) is 13.2 Å². The molecule has 0 N–H and O–H groups in total. The van der Waals surface area contributed by atoms with Crippen molar-refractivity contribution in [2.24, 2.45) is 0 Å². The van der Waals surface area contributed by atoms with Crippen LogP contribution in [0.5, 0.6) is 0 Å². The molecule has 0 aromatic heterocycles. The first-order valence-corrected chi connectivity index (χ1v) is 8.91. The van der Waals surface area contributed by atoms with E-state index in [4.69, 9.17) is 0 Å². The summed E-state index contributed by atoms with van der Waals surface area (Å²) in [6.07, 6.45) is -0.106. The maximum Gasteiger partial charge on any atom is 0.416 e. The zero-order chi connectivity index (χ0) is 18.6. The highest BCUT2D eigenvalue weighted by Gasteiger charge is 2.31. The molecule has 1 amide bonds. The minimum atomic E-state index is -4.32. The number of hydrogen-bond donors (Lipinski definition) is 0. The number of amides is 1. The third-order valence-electron chi connectivity index (χ3n) is 5.11. The lowest BCUT2D eigenvalue weighted by Crippen LogP contribution is -2.51. The van der Waals surface area contributed by atoms with Gasteiger partial charge in [-0.05, 0) is 57.4 Å². The average molecular weight is 356 g/mol. The van der Waals surface area contributed by atoms with Crippen molar-refractivity contribution in [1.29, 1.82) is 0 Å². The van der Waals surface area contributed by atoms with Crippen LogP contribution in [-0.4, -0.2) is 41.4 Å². The number of carbonyl (C=O) groups is 1. The Kier molecular flexibility index (Phi) is 6.49. The van der Waals surface area contributed by atoms with Crippen LogP contribution in [0, 0.1) is 0 Å². The average Bonchev–Trinajstić information content (AvgIpc) is 2.60. The normalized spacial score (nSPS) is 20.0. The van der Waals surface area contributed by atoms with Crippen molar-refractivity contribution >= 4 is 5.91 Å². The van der Waals surface area contributed by atoms with Crippen molar-refractivity contribution in [3.8, 4) is 0 Å². The molecule has 1 saturated heterocycles. The van der Waals surface area contributed by atoms with Crippen LogP contribution in [-0.2, 0) is 17.5 Å². The molecule has 0 aliphatic carbocycles. The highest BCUT2D eigenvalue weighted by molar-refractivity contribution is 5.81. The Bertz CT molecular complexity index is 571. The fourth-order valence-corrected chi connectivity index (χ4v) is 3.37. The van der Waals surface area contributed by atoms with E-state index in [0.717, 1.165) is 49.9 Å². The third-order valence-corrected chi connectivity index (χ3v) is 5.11. The highest BCUT2D eigenvalue weighted by Crippen LogP contribution is 2.29. The maximum atomic E-state index is 12.8. The summed E-state index contributed by atoms with van der Waals surface area (Å²) in [4.78, 5) is 16.7. The van der Waals surface area contributed by atoms with E-state index in [1.165, 1.54) is 12.1 Å². The molecule has 1 aliphatic rings. The van der Waals surface area contributed by atoms with E-state index in [0.29, 0.717) is 12.6 Å². The first-order chi connectivity index (χ1) is 11.7. The van der Waals surface area contributed by atoms with Crippen molar-refractivity contribution < 1.29 is 18.0 Å². The summed E-state index contributed by atoms with van der Waals surface area (Å²) >= 11 is 0. The summed E-state index contributed by atoms with van der Waals surface area (Å²) in [5, 5.41) is 0. The number of likely N-dealkylation sites (tertiary alicyclic amines) is 1. The summed E-state index contributed by atoms with van der Waals surface area (Å²) in [7, 11) is 1.84. The molecule has 1 aromatic carbocycles. The fraction of sp³-hybridized carbons (Fsp3) is 0.632. The van der Waals surface area contributed by atoms with Gasteiger partial charge in [-0.15, -0.1) is 0 Å². The zero-order valence-corrected chi connectivity index (χ0v) is 15.1. The van der Waals surface area contributed by atoms with Gasteiger partial charge in [-0.1, -0.05) is 19.1 Å². The molecule has 6 heteroatoms. The van der Waals surface area contributed by atoms with Gasteiger partial charge in [0.05, 0.1) is 11.6 Å². The summed E-state index contributed by atoms with van der Waals surface area (Å²) in [5.41, 5.74) is 0.114. The Morgan fingerprint density at radius 3 is 2.48 bits per heavy atom. The highest BCUT2D eigenvalue weighted by atomic mass is 19.4. The Morgan fingerprint density at radius 1 is 1.28 bits per heavy atom. The second-order valence-electron chi connectivity index (χ2n) is 6.88. The van der Waals surface area contributed by atoms with Crippen LogP contribution in [0.3, 0.4) is 0 Å². The molecule has 2 rings (SSSR count). The van der Waals surface area contributed by atoms with Crippen molar-refractivity contribution in [1.82, 2.24) is 9.80 Å². The summed E-state index contributed by atoms with van der Waals surface area (Å²) in [5.74, 6) is 0.112. The number of carbonyl (C=O) groups excluding carboxylic acids is 1. The minimum Gasteiger partial charge on any atom is -0.338 e. The van der Waals surface area contributed by atoms with Gasteiger partial charge in [-0.25, -0.2) is 0 Å². The van der Waals surface area contributed by atoms with Gasteiger partial charge in [0.15, 0.2) is 0 Å². The van der Waals surface area contributed by atoms with Gasteiger partial charge in [0.1, 0.15) is 0 Å². The molecule has 0 saturated carbocycles. The zero-order valence-electron chi connectivity index (χ0n) is 15.1. The number of rotatable bonds is 5. The number of nitrogens with zero attached hydrogens (tertiary/aromatic N) is 2. The fourth-order valence-electron chi connectivity index (χ4n) is 3.37. The monoisotopic (exact) mass is 356 g/mol. The third kappa shape index (κ3) is 4.97. The van der Waals surface area contributed by atoms with Crippen LogP contribution in [0.25, 0.3) is 0 Å². The van der Waals surface area contributed by atoms with E-state index >= 15 is 0 Å². The molecule has 0 spiro atoms. The summed E-state index contributed by atoms with van der Waals surface area (Å²) in [6, 6.07) is 5.15. The predicted octanol–water partition coefficient (Wildman–Crippen LogP) is 4.32. The molecule has 1 aromatic rings. The Labute approximate surface area is 147 Å². The first kappa shape index (κ1) is 19.8. The Morgan fingerprint density at radius 2 is 1.92 bits per heavy atom. The molecule has 3 nitrogen and oxygen atoms in total. The topological polar surface area (TPSA) is 23.6 Å². The lowest BCUT2D eigenvalue weighted by atomic mass is 9.99. The first-order valence-electron chi connectivity index (χ1n) is 8.91. The number of alkyl halides is 3. The van der Waals surface area contributed by atoms with Crippen molar-refractivity contribution in [2.75, 3.05) is 13.6 Å². The molecule has 140 valence electrons. The predicted molar refractivity (Wildman–Crippen MR) is 92.0 cm³/mol. The van der Waals surface area contributed by atoms with E-state index in [9.17, 15) is 18.0 Å². The van der Waals surface area contributed by atoms with Gasteiger partial charge in [0, 0.05) is 19.1 Å². The van der Waals surface area contributed by atoms with Crippen molar-refractivity contribution in [3.63, 3.8) is 0 Å². The van der Waals surface area contributed by atoms with Gasteiger partial charge in [-0.3, -0.25) is 9.69 Å². The number of halogens is 3.